The molecule has 19 heavy (non-hydrogen) atoms. The van der Waals surface area contributed by atoms with Crippen LogP contribution in [0.2, 0.25) is 0 Å². The van der Waals surface area contributed by atoms with Gasteiger partial charge in [-0.1, -0.05) is 12.2 Å². The lowest BCUT2D eigenvalue weighted by atomic mass is 9.71. The van der Waals surface area contributed by atoms with Crippen LogP contribution in [-0.4, -0.2) is 46.8 Å². The van der Waals surface area contributed by atoms with E-state index in [-0.39, 0.29) is 17.9 Å². The number of nitrogens with zero attached hydrogens (tertiary/aromatic N) is 2. The van der Waals surface area contributed by atoms with E-state index in [4.69, 9.17) is 0 Å². The fourth-order valence-corrected chi connectivity index (χ4v) is 4.52. The Kier molecular flexibility index (Phi) is 2.47. The highest BCUT2D eigenvalue weighted by Crippen LogP contribution is 2.42. The number of carbonyl (C=O) groups is 2. The second kappa shape index (κ2) is 4.09. The molecule has 3 fully saturated rings. The summed E-state index contributed by atoms with van der Waals surface area (Å²) in [5.41, 5.74) is 0. The van der Waals surface area contributed by atoms with Crippen LogP contribution >= 0.6 is 0 Å². The van der Waals surface area contributed by atoms with Gasteiger partial charge in [0.15, 0.2) is 0 Å². The van der Waals surface area contributed by atoms with Gasteiger partial charge in [0.25, 0.3) is 0 Å². The summed E-state index contributed by atoms with van der Waals surface area (Å²) in [5, 5.41) is 0. The number of hydrogen-bond donors (Lipinski definition) is 0. The zero-order valence-electron chi connectivity index (χ0n) is 11.1. The van der Waals surface area contributed by atoms with Gasteiger partial charge in [-0.05, 0) is 31.6 Å². The van der Waals surface area contributed by atoms with Crippen LogP contribution in [0.25, 0.3) is 0 Å². The van der Waals surface area contributed by atoms with Crippen molar-refractivity contribution in [2.45, 2.75) is 44.2 Å². The summed E-state index contributed by atoms with van der Waals surface area (Å²) in [6.07, 6.45) is 9.03. The SMILES string of the molecule is O=C1CC=C[C@@H]2[C@@H]3C[C@H](CN12)[C@H]1CCCCN1C3=O. The number of rotatable bonds is 0. The highest BCUT2D eigenvalue weighted by Gasteiger charge is 2.51. The minimum Gasteiger partial charge on any atom is -0.339 e. The van der Waals surface area contributed by atoms with Crippen LogP contribution in [0.3, 0.4) is 0 Å². The van der Waals surface area contributed by atoms with Gasteiger partial charge in [0.05, 0.1) is 12.0 Å². The van der Waals surface area contributed by atoms with Crippen molar-refractivity contribution in [3.8, 4) is 0 Å². The average molecular weight is 260 g/mol. The van der Waals surface area contributed by atoms with E-state index in [2.05, 4.69) is 11.0 Å². The molecule has 0 radical (unpaired) electrons. The quantitative estimate of drug-likeness (QED) is 0.614. The zero-order chi connectivity index (χ0) is 13.0. The molecule has 3 saturated heterocycles. The van der Waals surface area contributed by atoms with Crippen molar-refractivity contribution in [2.75, 3.05) is 13.1 Å². The summed E-state index contributed by atoms with van der Waals surface area (Å²) in [6.45, 7) is 1.79. The Morgan fingerprint density at radius 3 is 2.95 bits per heavy atom. The van der Waals surface area contributed by atoms with Crippen LogP contribution in [0.1, 0.15) is 32.1 Å². The lowest BCUT2D eigenvalue weighted by Gasteiger charge is -2.55. The number of piperidine rings is 3. The Morgan fingerprint density at radius 2 is 2.05 bits per heavy atom. The summed E-state index contributed by atoms with van der Waals surface area (Å²) in [4.78, 5) is 28.9. The maximum atomic E-state index is 12.7. The first-order valence-corrected chi connectivity index (χ1v) is 7.52. The van der Waals surface area contributed by atoms with E-state index >= 15 is 0 Å². The number of hydrogen-bond acceptors (Lipinski definition) is 2. The molecule has 4 aliphatic rings. The molecule has 4 rings (SSSR count). The van der Waals surface area contributed by atoms with E-state index in [1.165, 1.54) is 6.42 Å². The summed E-state index contributed by atoms with van der Waals surface area (Å²) in [5.74, 6) is 1.04. The summed E-state index contributed by atoms with van der Waals surface area (Å²) >= 11 is 0. The topological polar surface area (TPSA) is 40.6 Å². The Bertz CT molecular complexity index is 459. The third-order valence-corrected chi connectivity index (χ3v) is 5.40. The van der Waals surface area contributed by atoms with Crippen LogP contribution in [0.4, 0.5) is 0 Å². The van der Waals surface area contributed by atoms with E-state index in [9.17, 15) is 9.59 Å². The average Bonchev–Trinajstić information content (AvgIpc) is 2.45. The van der Waals surface area contributed by atoms with E-state index in [0.29, 0.717) is 24.3 Å². The number of amides is 2. The molecule has 0 aromatic carbocycles. The van der Waals surface area contributed by atoms with Crippen LogP contribution in [-0.2, 0) is 9.59 Å². The zero-order valence-corrected chi connectivity index (χ0v) is 11.1. The van der Waals surface area contributed by atoms with Crippen molar-refractivity contribution in [2.24, 2.45) is 11.8 Å². The summed E-state index contributed by atoms with van der Waals surface area (Å²) in [7, 11) is 0. The van der Waals surface area contributed by atoms with Crippen LogP contribution in [0.5, 0.6) is 0 Å². The smallest absolute Gasteiger partial charge is 0.228 e. The molecule has 4 heteroatoms. The minimum atomic E-state index is 0.0219. The lowest BCUT2D eigenvalue weighted by molar-refractivity contribution is -0.160. The fraction of sp³-hybridized carbons (Fsp3) is 0.733. The molecule has 0 saturated carbocycles. The molecule has 4 aliphatic heterocycles. The molecule has 4 nitrogen and oxygen atoms in total. The van der Waals surface area contributed by atoms with Crippen LogP contribution < -0.4 is 0 Å². The molecule has 0 aliphatic carbocycles. The molecule has 4 heterocycles. The van der Waals surface area contributed by atoms with Crippen molar-refractivity contribution in [3.63, 3.8) is 0 Å². The standard InChI is InChI=1S/C15H20N2O2/c18-14-6-3-5-13-11-8-10(9-17(13)14)12-4-1-2-7-16(12)15(11)19/h3,5,10-13H,1-2,4,6-9H2/t10-,11+,12-,13-/m1/s1. The summed E-state index contributed by atoms with van der Waals surface area (Å²) in [6, 6.07) is 0.435. The van der Waals surface area contributed by atoms with Crippen molar-refractivity contribution < 1.29 is 9.59 Å². The van der Waals surface area contributed by atoms with Gasteiger partial charge in [0.1, 0.15) is 0 Å². The van der Waals surface area contributed by atoms with Crippen molar-refractivity contribution in [3.05, 3.63) is 12.2 Å². The molecule has 0 aromatic heterocycles. The molecule has 0 unspecified atom stereocenters. The van der Waals surface area contributed by atoms with Gasteiger partial charge in [0.2, 0.25) is 11.8 Å². The second-order valence-corrected chi connectivity index (χ2v) is 6.37. The molecular formula is C15H20N2O2. The van der Waals surface area contributed by atoms with Gasteiger partial charge in [-0.25, -0.2) is 0 Å². The first-order valence-electron chi connectivity index (χ1n) is 7.52. The van der Waals surface area contributed by atoms with Crippen LogP contribution in [0.15, 0.2) is 12.2 Å². The third kappa shape index (κ3) is 1.58. The fourth-order valence-electron chi connectivity index (χ4n) is 4.52. The van der Waals surface area contributed by atoms with Crippen molar-refractivity contribution in [1.29, 1.82) is 0 Å². The highest BCUT2D eigenvalue weighted by molar-refractivity contribution is 5.85. The first kappa shape index (κ1) is 11.5. The highest BCUT2D eigenvalue weighted by atomic mass is 16.2. The Balaban J connectivity index is 1.70. The van der Waals surface area contributed by atoms with E-state index in [0.717, 1.165) is 32.4 Å². The van der Waals surface area contributed by atoms with E-state index in [1.54, 1.807) is 0 Å². The largest absolute Gasteiger partial charge is 0.339 e. The summed E-state index contributed by atoms with van der Waals surface area (Å²) < 4.78 is 0. The normalized spacial score (nSPS) is 41.1. The van der Waals surface area contributed by atoms with E-state index < -0.39 is 0 Å². The molecule has 2 amide bonds. The van der Waals surface area contributed by atoms with Crippen LogP contribution in [0, 0.1) is 11.8 Å². The second-order valence-electron chi connectivity index (χ2n) is 6.37. The van der Waals surface area contributed by atoms with Gasteiger partial charge in [-0.2, -0.15) is 0 Å². The van der Waals surface area contributed by atoms with Gasteiger partial charge < -0.3 is 9.80 Å². The Morgan fingerprint density at radius 1 is 1.16 bits per heavy atom. The predicted molar refractivity (Wildman–Crippen MR) is 70.2 cm³/mol. The minimum absolute atomic E-state index is 0.0219. The Labute approximate surface area is 113 Å². The molecule has 0 spiro atoms. The van der Waals surface area contributed by atoms with Gasteiger partial charge >= 0.3 is 0 Å². The lowest BCUT2D eigenvalue weighted by Crippen LogP contribution is -2.65. The number of fused-ring (bicyclic) bond motifs is 6. The monoisotopic (exact) mass is 260 g/mol. The molecule has 0 N–H and O–H groups in total. The molecule has 2 bridgehead atoms. The molecule has 102 valence electrons. The molecular weight excluding hydrogens is 240 g/mol. The van der Waals surface area contributed by atoms with Gasteiger partial charge in [0, 0.05) is 25.6 Å². The first-order chi connectivity index (χ1) is 9.25. The molecule has 0 aromatic rings. The van der Waals surface area contributed by atoms with Crippen molar-refractivity contribution >= 4 is 11.8 Å². The molecule has 4 atom stereocenters. The van der Waals surface area contributed by atoms with E-state index in [1.807, 2.05) is 11.0 Å². The third-order valence-electron chi connectivity index (χ3n) is 5.40. The van der Waals surface area contributed by atoms with Gasteiger partial charge in [-0.15, -0.1) is 0 Å². The van der Waals surface area contributed by atoms with Gasteiger partial charge in [-0.3, -0.25) is 9.59 Å². The maximum absolute atomic E-state index is 12.7. The maximum Gasteiger partial charge on any atom is 0.228 e. The predicted octanol–water partition coefficient (Wildman–Crippen LogP) is 1.17. The number of carbonyl (C=O) groups excluding carboxylic acids is 2. The Hall–Kier alpha value is -1.32. The van der Waals surface area contributed by atoms with Crippen molar-refractivity contribution in [1.82, 2.24) is 9.80 Å².